The number of urea groups is 1. The predicted molar refractivity (Wildman–Crippen MR) is 73.3 cm³/mol. The van der Waals surface area contributed by atoms with Gasteiger partial charge in [0.25, 0.3) is 0 Å². The highest BCUT2D eigenvalue weighted by Crippen LogP contribution is 2.32. The van der Waals surface area contributed by atoms with Gasteiger partial charge in [-0.05, 0) is 30.0 Å². The average Bonchev–Trinajstić information content (AvgIpc) is 3.21. The van der Waals surface area contributed by atoms with Crippen molar-refractivity contribution in [2.45, 2.75) is 25.8 Å². The maximum absolute atomic E-state index is 11.9. The quantitative estimate of drug-likeness (QED) is 0.839. The summed E-state index contributed by atoms with van der Waals surface area (Å²) in [4.78, 5) is 13.6. The van der Waals surface area contributed by atoms with Gasteiger partial charge in [-0.15, -0.1) is 0 Å². The van der Waals surface area contributed by atoms with Crippen molar-refractivity contribution in [2.24, 2.45) is 11.7 Å². The molecule has 0 bridgehead atoms. The zero-order valence-electron chi connectivity index (χ0n) is 10.9. The van der Waals surface area contributed by atoms with Crippen molar-refractivity contribution in [2.75, 3.05) is 18.9 Å². The molecule has 3 N–H and O–H groups in total. The van der Waals surface area contributed by atoms with Crippen molar-refractivity contribution in [3.63, 3.8) is 0 Å². The van der Waals surface area contributed by atoms with Gasteiger partial charge in [-0.1, -0.05) is 25.0 Å². The minimum atomic E-state index is -0.0452. The van der Waals surface area contributed by atoms with E-state index in [2.05, 4.69) is 5.32 Å². The first kappa shape index (κ1) is 12.9. The third-order valence-corrected chi connectivity index (χ3v) is 3.36. The van der Waals surface area contributed by atoms with E-state index in [0.717, 1.165) is 30.1 Å². The molecule has 0 heterocycles. The first-order valence-electron chi connectivity index (χ1n) is 6.50. The Labute approximate surface area is 108 Å². The number of benzene rings is 1. The summed E-state index contributed by atoms with van der Waals surface area (Å²) in [6, 6.07) is 7.58. The fraction of sp³-hybridized carbons (Fsp3) is 0.500. The van der Waals surface area contributed by atoms with Crippen molar-refractivity contribution < 1.29 is 4.79 Å². The highest BCUT2D eigenvalue weighted by Gasteiger charge is 2.22. The Morgan fingerprint density at radius 1 is 1.39 bits per heavy atom. The second-order valence-electron chi connectivity index (χ2n) is 4.98. The summed E-state index contributed by atoms with van der Waals surface area (Å²) >= 11 is 0. The number of nitrogens with one attached hydrogen (secondary N) is 1. The van der Waals surface area contributed by atoms with E-state index in [4.69, 9.17) is 5.73 Å². The first-order chi connectivity index (χ1) is 8.69. The van der Waals surface area contributed by atoms with Crippen LogP contribution in [0.4, 0.5) is 10.5 Å². The van der Waals surface area contributed by atoms with E-state index >= 15 is 0 Å². The van der Waals surface area contributed by atoms with Crippen LogP contribution in [0.3, 0.4) is 0 Å². The van der Waals surface area contributed by atoms with E-state index in [0.29, 0.717) is 6.54 Å². The number of nitrogens with zero attached hydrogens (tertiary/aromatic N) is 1. The molecule has 2 rings (SSSR count). The number of hydrogen-bond donors (Lipinski definition) is 2. The van der Waals surface area contributed by atoms with Crippen molar-refractivity contribution in [1.29, 1.82) is 0 Å². The highest BCUT2D eigenvalue weighted by molar-refractivity contribution is 5.89. The Kier molecular flexibility index (Phi) is 4.20. The molecule has 4 nitrogen and oxygen atoms in total. The van der Waals surface area contributed by atoms with Gasteiger partial charge < -0.3 is 16.0 Å². The monoisotopic (exact) mass is 247 g/mol. The Bertz CT molecular complexity index is 398. The lowest BCUT2D eigenvalue weighted by molar-refractivity contribution is 0.221. The van der Waals surface area contributed by atoms with Crippen molar-refractivity contribution in [1.82, 2.24) is 4.90 Å². The SMILES string of the molecule is CN(CCC1CC1)C(=O)Nc1ccc(CN)cc1. The lowest BCUT2D eigenvalue weighted by Gasteiger charge is -2.17. The molecule has 1 saturated carbocycles. The van der Waals surface area contributed by atoms with E-state index in [1.54, 1.807) is 4.90 Å². The maximum atomic E-state index is 11.9. The maximum Gasteiger partial charge on any atom is 0.321 e. The summed E-state index contributed by atoms with van der Waals surface area (Å²) < 4.78 is 0. The average molecular weight is 247 g/mol. The molecule has 1 aromatic carbocycles. The van der Waals surface area contributed by atoms with E-state index in [9.17, 15) is 4.79 Å². The summed E-state index contributed by atoms with van der Waals surface area (Å²) in [5, 5.41) is 2.88. The van der Waals surface area contributed by atoms with Crippen LogP contribution in [0.1, 0.15) is 24.8 Å². The van der Waals surface area contributed by atoms with Gasteiger partial charge in [-0.3, -0.25) is 0 Å². The second kappa shape index (κ2) is 5.87. The van der Waals surface area contributed by atoms with Gasteiger partial charge in [0, 0.05) is 25.8 Å². The van der Waals surface area contributed by atoms with E-state index in [1.807, 2.05) is 31.3 Å². The molecule has 0 aromatic heterocycles. The molecule has 1 aromatic rings. The summed E-state index contributed by atoms with van der Waals surface area (Å²) in [5.41, 5.74) is 7.41. The molecule has 18 heavy (non-hydrogen) atoms. The predicted octanol–water partition coefficient (Wildman–Crippen LogP) is 2.41. The fourth-order valence-electron chi connectivity index (χ4n) is 1.83. The lowest BCUT2D eigenvalue weighted by atomic mass is 10.2. The number of carbonyl (C=O) groups is 1. The summed E-state index contributed by atoms with van der Waals surface area (Å²) in [7, 11) is 1.84. The van der Waals surface area contributed by atoms with Crippen LogP contribution in [-0.4, -0.2) is 24.5 Å². The molecular formula is C14H21N3O. The van der Waals surface area contributed by atoms with E-state index in [-0.39, 0.29) is 6.03 Å². The third-order valence-electron chi connectivity index (χ3n) is 3.36. The van der Waals surface area contributed by atoms with Crippen LogP contribution in [0.25, 0.3) is 0 Å². The van der Waals surface area contributed by atoms with Gasteiger partial charge in [0.1, 0.15) is 0 Å². The summed E-state index contributed by atoms with van der Waals surface area (Å²) in [6.45, 7) is 1.35. The van der Waals surface area contributed by atoms with Crippen LogP contribution >= 0.6 is 0 Å². The minimum Gasteiger partial charge on any atom is -0.328 e. The van der Waals surface area contributed by atoms with Crippen molar-refractivity contribution >= 4 is 11.7 Å². The molecule has 2 amide bonds. The Hall–Kier alpha value is -1.55. The molecule has 1 fully saturated rings. The molecule has 1 aliphatic carbocycles. The molecular weight excluding hydrogens is 226 g/mol. The molecule has 0 spiro atoms. The molecule has 0 aliphatic heterocycles. The Morgan fingerprint density at radius 3 is 2.61 bits per heavy atom. The van der Waals surface area contributed by atoms with Gasteiger partial charge >= 0.3 is 6.03 Å². The number of anilines is 1. The molecule has 0 atom stereocenters. The third kappa shape index (κ3) is 3.74. The number of nitrogens with two attached hydrogens (primary N) is 1. The Morgan fingerprint density at radius 2 is 2.06 bits per heavy atom. The molecule has 98 valence electrons. The summed E-state index contributed by atoms with van der Waals surface area (Å²) in [6.07, 6.45) is 3.78. The minimum absolute atomic E-state index is 0.0452. The normalized spacial score (nSPS) is 14.3. The van der Waals surface area contributed by atoms with Crippen LogP contribution in [0.15, 0.2) is 24.3 Å². The molecule has 4 heteroatoms. The molecule has 1 aliphatic rings. The number of rotatable bonds is 5. The van der Waals surface area contributed by atoms with Gasteiger partial charge in [0.05, 0.1) is 0 Å². The summed E-state index contributed by atoms with van der Waals surface area (Å²) in [5.74, 6) is 0.851. The van der Waals surface area contributed by atoms with Gasteiger partial charge in [-0.2, -0.15) is 0 Å². The highest BCUT2D eigenvalue weighted by atomic mass is 16.2. The second-order valence-corrected chi connectivity index (χ2v) is 4.98. The topological polar surface area (TPSA) is 58.4 Å². The van der Waals surface area contributed by atoms with Crippen LogP contribution < -0.4 is 11.1 Å². The smallest absolute Gasteiger partial charge is 0.321 e. The number of carbonyl (C=O) groups excluding carboxylic acids is 1. The van der Waals surface area contributed by atoms with Crippen molar-refractivity contribution in [3.8, 4) is 0 Å². The van der Waals surface area contributed by atoms with Crippen molar-refractivity contribution in [3.05, 3.63) is 29.8 Å². The van der Waals surface area contributed by atoms with Crippen LogP contribution in [0.2, 0.25) is 0 Å². The zero-order valence-corrected chi connectivity index (χ0v) is 10.9. The standard InChI is InChI=1S/C14H21N3O/c1-17(9-8-11-2-3-11)14(18)16-13-6-4-12(10-15)5-7-13/h4-7,11H,2-3,8-10,15H2,1H3,(H,16,18). The number of amides is 2. The van der Waals surface area contributed by atoms with Gasteiger partial charge in [-0.25, -0.2) is 4.79 Å². The van der Waals surface area contributed by atoms with Gasteiger partial charge in [0.15, 0.2) is 0 Å². The van der Waals surface area contributed by atoms with Crippen LogP contribution in [0, 0.1) is 5.92 Å². The number of hydrogen-bond acceptors (Lipinski definition) is 2. The Balaban J connectivity index is 1.80. The van der Waals surface area contributed by atoms with Crippen LogP contribution in [0.5, 0.6) is 0 Å². The van der Waals surface area contributed by atoms with Gasteiger partial charge in [0.2, 0.25) is 0 Å². The molecule has 0 radical (unpaired) electrons. The van der Waals surface area contributed by atoms with E-state index in [1.165, 1.54) is 12.8 Å². The zero-order chi connectivity index (χ0) is 13.0. The van der Waals surface area contributed by atoms with Crippen LogP contribution in [-0.2, 0) is 6.54 Å². The largest absolute Gasteiger partial charge is 0.328 e. The molecule has 0 saturated heterocycles. The lowest BCUT2D eigenvalue weighted by Crippen LogP contribution is -2.32. The first-order valence-corrected chi connectivity index (χ1v) is 6.50. The molecule has 0 unspecified atom stereocenters. The van der Waals surface area contributed by atoms with E-state index < -0.39 is 0 Å². The fourth-order valence-corrected chi connectivity index (χ4v) is 1.83.